The van der Waals surface area contributed by atoms with E-state index in [1.807, 2.05) is 0 Å². The predicted molar refractivity (Wildman–Crippen MR) is 76.7 cm³/mol. The van der Waals surface area contributed by atoms with Crippen molar-refractivity contribution in [3.05, 3.63) is 47.5 Å². The molecule has 0 bridgehead atoms. The summed E-state index contributed by atoms with van der Waals surface area (Å²) in [6.07, 6.45) is 1.33. The Balaban J connectivity index is 2.12. The molecule has 23 heavy (non-hydrogen) atoms. The van der Waals surface area contributed by atoms with E-state index in [0.717, 1.165) is 6.07 Å². The number of rotatable bonds is 6. The topological polar surface area (TPSA) is 76.1 Å². The van der Waals surface area contributed by atoms with Crippen LogP contribution in [-0.4, -0.2) is 36.1 Å². The van der Waals surface area contributed by atoms with Crippen LogP contribution in [0.15, 0.2) is 24.4 Å². The van der Waals surface area contributed by atoms with Crippen LogP contribution in [0.25, 0.3) is 0 Å². The molecule has 1 aromatic carbocycles. The van der Waals surface area contributed by atoms with Crippen molar-refractivity contribution in [3.8, 4) is 0 Å². The zero-order valence-electron chi connectivity index (χ0n) is 12.1. The maximum Gasteiger partial charge on any atom is 0.274 e. The fraction of sp³-hybridized carbons (Fsp3) is 0.214. The fourth-order valence-corrected chi connectivity index (χ4v) is 1.64. The van der Waals surface area contributed by atoms with Crippen LogP contribution in [0.4, 0.5) is 24.8 Å². The van der Waals surface area contributed by atoms with Crippen molar-refractivity contribution in [2.45, 2.75) is 0 Å². The van der Waals surface area contributed by atoms with E-state index in [1.54, 1.807) is 0 Å². The van der Waals surface area contributed by atoms with Crippen molar-refractivity contribution >= 4 is 17.5 Å². The molecule has 0 aliphatic carbocycles. The largest absolute Gasteiger partial charge is 0.383 e. The highest BCUT2D eigenvalue weighted by molar-refractivity contribution is 6.03. The molecule has 122 valence electrons. The van der Waals surface area contributed by atoms with Crippen LogP contribution in [0, 0.1) is 17.5 Å². The van der Waals surface area contributed by atoms with Gasteiger partial charge in [-0.3, -0.25) is 4.79 Å². The third kappa shape index (κ3) is 4.16. The summed E-state index contributed by atoms with van der Waals surface area (Å²) in [6, 6.07) is 2.94. The Morgan fingerprint density at radius 1 is 1.22 bits per heavy atom. The number of carbonyl (C=O) groups is 1. The number of nitrogens with one attached hydrogen (secondary N) is 2. The Morgan fingerprint density at radius 2 is 2.00 bits per heavy atom. The monoisotopic (exact) mass is 326 g/mol. The van der Waals surface area contributed by atoms with Crippen LogP contribution >= 0.6 is 0 Å². The number of benzene rings is 1. The van der Waals surface area contributed by atoms with Gasteiger partial charge in [-0.2, -0.15) is 0 Å². The zero-order chi connectivity index (χ0) is 16.8. The first-order valence-corrected chi connectivity index (χ1v) is 6.53. The highest BCUT2D eigenvalue weighted by Gasteiger charge is 2.16. The van der Waals surface area contributed by atoms with E-state index >= 15 is 0 Å². The lowest BCUT2D eigenvalue weighted by atomic mass is 10.2. The molecule has 0 fully saturated rings. The number of ether oxygens (including phenoxy) is 1. The fourth-order valence-electron chi connectivity index (χ4n) is 1.64. The first-order valence-electron chi connectivity index (χ1n) is 6.53. The number of aromatic nitrogens is 2. The van der Waals surface area contributed by atoms with Gasteiger partial charge in [0.1, 0.15) is 5.69 Å². The molecule has 9 heteroatoms. The van der Waals surface area contributed by atoms with E-state index < -0.39 is 29.0 Å². The second kappa shape index (κ2) is 7.54. The molecule has 0 atom stereocenters. The average Bonchev–Trinajstić information content (AvgIpc) is 2.56. The van der Waals surface area contributed by atoms with E-state index in [2.05, 4.69) is 20.6 Å². The quantitative estimate of drug-likeness (QED) is 0.629. The van der Waals surface area contributed by atoms with Crippen LogP contribution in [0.2, 0.25) is 0 Å². The third-order valence-electron chi connectivity index (χ3n) is 2.76. The molecule has 1 amide bonds. The number of anilines is 2. The lowest BCUT2D eigenvalue weighted by Gasteiger charge is -2.08. The maximum absolute atomic E-state index is 13.5. The smallest absolute Gasteiger partial charge is 0.274 e. The molecule has 2 N–H and O–H groups in total. The normalized spacial score (nSPS) is 10.4. The van der Waals surface area contributed by atoms with Gasteiger partial charge in [0.2, 0.25) is 5.95 Å². The van der Waals surface area contributed by atoms with Crippen molar-refractivity contribution in [2.24, 2.45) is 0 Å². The second-order valence-corrected chi connectivity index (χ2v) is 4.36. The van der Waals surface area contributed by atoms with Gasteiger partial charge < -0.3 is 15.4 Å². The van der Waals surface area contributed by atoms with Gasteiger partial charge in [-0.15, -0.1) is 0 Å². The minimum atomic E-state index is -1.66. The van der Waals surface area contributed by atoms with Gasteiger partial charge in [-0.1, -0.05) is 0 Å². The lowest BCUT2D eigenvalue weighted by Crippen LogP contribution is -2.17. The Bertz CT molecular complexity index is 712. The van der Waals surface area contributed by atoms with Gasteiger partial charge in [-0.25, -0.2) is 23.1 Å². The van der Waals surface area contributed by atoms with E-state index in [0.29, 0.717) is 19.2 Å². The molecule has 0 aliphatic rings. The Hall–Kier alpha value is -2.68. The Morgan fingerprint density at radius 3 is 2.74 bits per heavy atom. The van der Waals surface area contributed by atoms with E-state index in [1.165, 1.54) is 19.4 Å². The summed E-state index contributed by atoms with van der Waals surface area (Å²) in [7, 11) is 1.53. The molecule has 1 aromatic heterocycles. The van der Waals surface area contributed by atoms with Gasteiger partial charge in [0.25, 0.3) is 5.91 Å². The van der Waals surface area contributed by atoms with Crippen molar-refractivity contribution in [1.82, 2.24) is 9.97 Å². The van der Waals surface area contributed by atoms with Crippen LogP contribution < -0.4 is 10.6 Å². The average molecular weight is 326 g/mol. The van der Waals surface area contributed by atoms with Crippen molar-refractivity contribution < 1.29 is 22.7 Å². The summed E-state index contributed by atoms with van der Waals surface area (Å²) < 4.78 is 44.4. The molecule has 6 nitrogen and oxygen atoms in total. The molecule has 1 heterocycles. The molecular weight excluding hydrogens is 313 g/mol. The molecule has 0 unspecified atom stereocenters. The van der Waals surface area contributed by atoms with Crippen LogP contribution in [0.1, 0.15) is 10.5 Å². The highest BCUT2D eigenvalue weighted by Crippen LogP contribution is 2.20. The minimum absolute atomic E-state index is 0.0657. The van der Waals surface area contributed by atoms with Gasteiger partial charge in [-0.05, 0) is 18.2 Å². The molecule has 0 spiro atoms. The standard InChI is InChI=1S/C14H13F3N4O2/c1-23-7-6-19-14-18-5-4-10(21-14)13(22)20-9-3-2-8(15)11(16)12(9)17/h2-5H,6-7H2,1H3,(H,20,22)(H,18,19,21). The van der Waals surface area contributed by atoms with E-state index in [9.17, 15) is 18.0 Å². The highest BCUT2D eigenvalue weighted by atomic mass is 19.2. The summed E-state index contributed by atoms with van der Waals surface area (Å²) in [5, 5.41) is 4.95. The zero-order valence-corrected chi connectivity index (χ0v) is 12.1. The van der Waals surface area contributed by atoms with Crippen LogP contribution in [0.5, 0.6) is 0 Å². The van der Waals surface area contributed by atoms with Crippen LogP contribution in [-0.2, 0) is 4.74 Å². The molecule has 0 saturated carbocycles. The van der Waals surface area contributed by atoms with Crippen molar-refractivity contribution in [3.63, 3.8) is 0 Å². The van der Waals surface area contributed by atoms with Crippen molar-refractivity contribution in [1.29, 1.82) is 0 Å². The minimum Gasteiger partial charge on any atom is -0.383 e. The van der Waals surface area contributed by atoms with E-state index in [4.69, 9.17) is 4.74 Å². The van der Waals surface area contributed by atoms with Crippen LogP contribution in [0.3, 0.4) is 0 Å². The predicted octanol–water partition coefficient (Wildman–Crippen LogP) is 2.20. The lowest BCUT2D eigenvalue weighted by molar-refractivity contribution is 0.102. The number of hydrogen-bond donors (Lipinski definition) is 2. The molecule has 0 aliphatic heterocycles. The molecule has 2 rings (SSSR count). The van der Waals surface area contributed by atoms with Gasteiger partial charge in [0, 0.05) is 19.9 Å². The second-order valence-electron chi connectivity index (χ2n) is 4.36. The number of methoxy groups -OCH3 is 1. The first kappa shape index (κ1) is 16.7. The molecule has 0 radical (unpaired) electrons. The summed E-state index contributed by atoms with van der Waals surface area (Å²) >= 11 is 0. The molecule has 2 aromatic rings. The summed E-state index contributed by atoms with van der Waals surface area (Å²) in [5.74, 6) is -5.09. The van der Waals surface area contributed by atoms with Crippen molar-refractivity contribution in [2.75, 3.05) is 30.9 Å². The third-order valence-corrected chi connectivity index (χ3v) is 2.76. The number of carbonyl (C=O) groups excluding carboxylic acids is 1. The van der Waals surface area contributed by atoms with Gasteiger partial charge in [0.15, 0.2) is 17.5 Å². The number of amides is 1. The van der Waals surface area contributed by atoms with E-state index in [-0.39, 0.29) is 11.6 Å². The molecule has 0 saturated heterocycles. The van der Waals surface area contributed by atoms with Gasteiger partial charge in [0.05, 0.1) is 12.3 Å². The Kier molecular flexibility index (Phi) is 5.47. The molecular formula is C14H13F3N4O2. The number of hydrogen-bond acceptors (Lipinski definition) is 5. The number of halogens is 3. The first-order chi connectivity index (χ1) is 11.0. The SMILES string of the molecule is COCCNc1nccc(C(=O)Nc2ccc(F)c(F)c2F)n1. The summed E-state index contributed by atoms with van der Waals surface area (Å²) in [5.41, 5.74) is -0.551. The summed E-state index contributed by atoms with van der Waals surface area (Å²) in [6.45, 7) is 0.846. The summed E-state index contributed by atoms with van der Waals surface area (Å²) in [4.78, 5) is 19.8. The maximum atomic E-state index is 13.5. The van der Waals surface area contributed by atoms with Gasteiger partial charge >= 0.3 is 0 Å². The Labute approximate surface area is 129 Å². The number of nitrogens with zero attached hydrogens (tertiary/aromatic N) is 2.